The Morgan fingerprint density at radius 1 is 0.316 bits per heavy atom. The third-order valence-electron chi connectivity index (χ3n) is 7.95. The van der Waals surface area contributed by atoms with Gasteiger partial charge in [-0.1, -0.05) is 213 Å². The molecule has 0 aromatic carbocycles. The van der Waals surface area contributed by atoms with E-state index in [1.165, 1.54) is 186 Å². The summed E-state index contributed by atoms with van der Waals surface area (Å²) in [5, 5.41) is 8.56. The summed E-state index contributed by atoms with van der Waals surface area (Å²) in [6.45, 7) is 6.85. The van der Waals surface area contributed by atoms with Crippen molar-refractivity contribution in [1.82, 2.24) is 0 Å². The van der Waals surface area contributed by atoms with Crippen LogP contribution in [0.25, 0.3) is 0 Å². The number of carboxylic acid groups (broad SMARTS) is 1. The molecule has 230 valence electrons. The highest BCUT2D eigenvalue weighted by Crippen LogP contribution is 2.15. The van der Waals surface area contributed by atoms with Gasteiger partial charge < -0.3 is 5.11 Å². The van der Waals surface area contributed by atoms with Gasteiger partial charge in [0.05, 0.1) is 0 Å². The molecule has 2 heteroatoms. The normalized spacial score (nSPS) is 10.9. The van der Waals surface area contributed by atoms with E-state index in [0.29, 0.717) is 6.42 Å². The number of aliphatic carboxylic acids is 1. The van der Waals surface area contributed by atoms with Crippen molar-refractivity contribution in [3.05, 3.63) is 0 Å². The zero-order chi connectivity index (χ0) is 28.2. The fraction of sp³-hybridized carbons (Fsp3) is 0.972. The number of rotatable bonds is 31. The summed E-state index contributed by atoms with van der Waals surface area (Å²) in [7, 11) is 0. The maximum absolute atomic E-state index is 10.4. The van der Waals surface area contributed by atoms with Crippen LogP contribution >= 0.6 is 0 Å². The fourth-order valence-electron chi connectivity index (χ4n) is 5.27. The van der Waals surface area contributed by atoms with Crippen LogP contribution in [0, 0.1) is 0 Å². The topological polar surface area (TPSA) is 37.3 Å². The Hall–Kier alpha value is -0.530. The van der Waals surface area contributed by atoms with Crippen LogP contribution in [0.4, 0.5) is 0 Å². The van der Waals surface area contributed by atoms with Gasteiger partial charge in [-0.2, -0.15) is 0 Å². The van der Waals surface area contributed by atoms with Gasteiger partial charge in [0.25, 0.3) is 0 Å². The zero-order valence-electron chi connectivity index (χ0n) is 27.0. The van der Waals surface area contributed by atoms with E-state index in [2.05, 4.69) is 20.8 Å². The predicted octanol–water partition coefficient (Wildman–Crippen LogP) is 13.6. The van der Waals surface area contributed by atoms with E-state index in [4.69, 9.17) is 5.11 Å². The van der Waals surface area contributed by atoms with Gasteiger partial charge in [0, 0.05) is 6.42 Å². The molecule has 1 N–H and O–H groups in total. The Morgan fingerprint density at radius 3 is 0.632 bits per heavy atom. The quantitative estimate of drug-likeness (QED) is 0.0891. The molecule has 0 saturated heterocycles. The Kier molecular flexibility index (Phi) is 40.3. The standard InChI is InChI=1S/C22H44O2.C14H30/c1-2-3-4-5-6-7-8-9-10-11-12-13-14-15-16-17-18-19-20-21-22(23)24;1-3-5-7-9-11-13-14-12-10-8-6-4-2/h2-21H2,1H3,(H,23,24);3-14H2,1-2H3. The summed E-state index contributed by atoms with van der Waals surface area (Å²) in [6, 6.07) is 0. The molecule has 0 aromatic rings. The molecule has 0 heterocycles. The lowest BCUT2D eigenvalue weighted by atomic mass is 10.0. The van der Waals surface area contributed by atoms with Crippen molar-refractivity contribution in [1.29, 1.82) is 0 Å². The highest BCUT2D eigenvalue weighted by atomic mass is 16.4. The van der Waals surface area contributed by atoms with E-state index >= 15 is 0 Å². The van der Waals surface area contributed by atoms with Gasteiger partial charge in [-0.25, -0.2) is 0 Å². The molecule has 0 unspecified atom stereocenters. The van der Waals surface area contributed by atoms with Crippen LogP contribution in [0.5, 0.6) is 0 Å². The molecule has 0 aromatic heterocycles. The first-order chi connectivity index (χ1) is 18.7. The Bertz CT molecular complexity index is 394. The second-order valence-electron chi connectivity index (χ2n) is 12.0. The molecule has 0 saturated carbocycles. The minimum atomic E-state index is -0.651. The third-order valence-corrected chi connectivity index (χ3v) is 7.95. The maximum Gasteiger partial charge on any atom is 0.303 e. The molecular weight excluding hydrogens is 464 g/mol. The van der Waals surface area contributed by atoms with Crippen LogP contribution in [-0.4, -0.2) is 11.1 Å². The van der Waals surface area contributed by atoms with Gasteiger partial charge in [-0.3, -0.25) is 4.79 Å². The van der Waals surface area contributed by atoms with Gasteiger partial charge in [0.2, 0.25) is 0 Å². The zero-order valence-corrected chi connectivity index (χ0v) is 27.0. The van der Waals surface area contributed by atoms with Gasteiger partial charge in [-0.15, -0.1) is 0 Å². The van der Waals surface area contributed by atoms with E-state index in [0.717, 1.165) is 12.8 Å². The van der Waals surface area contributed by atoms with Crippen molar-refractivity contribution in [3.8, 4) is 0 Å². The van der Waals surface area contributed by atoms with Gasteiger partial charge in [-0.05, 0) is 6.42 Å². The van der Waals surface area contributed by atoms with Crippen LogP contribution in [0.3, 0.4) is 0 Å². The molecule has 0 bridgehead atoms. The van der Waals surface area contributed by atoms with Crippen LogP contribution in [0.1, 0.15) is 226 Å². The monoisotopic (exact) mass is 539 g/mol. The number of carboxylic acids is 1. The Morgan fingerprint density at radius 2 is 0.474 bits per heavy atom. The van der Waals surface area contributed by atoms with Gasteiger partial charge in [0.1, 0.15) is 0 Å². The second-order valence-corrected chi connectivity index (χ2v) is 12.0. The first kappa shape index (κ1) is 39.6. The first-order valence-corrected chi connectivity index (χ1v) is 17.9. The molecule has 0 spiro atoms. The van der Waals surface area contributed by atoms with Crippen LogP contribution in [0.15, 0.2) is 0 Å². The van der Waals surface area contributed by atoms with E-state index in [9.17, 15) is 4.79 Å². The van der Waals surface area contributed by atoms with Crippen molar-refractivity contribution in [2.75, 3.05) is 0 Å². The molecule has 0 radical (unpaired) electrons. The van der Waals surface area contributed by atoms with E-state index in [1.807, 2.05) is 0 Å². The summed E-state index contributed by atoms with van der Waals surface area (Å²) in [5.74, 6) is -0.651. The smallest absolute Gasteiger partial charge is 0.303 e. The highest BCUT2D eigenvalue weighted by Gasteiger charge is 1.97. The van der Waals surface area contributed by atoms with Crippen LogP contribution in [0.2, 0.25) is 0 Å². The molecular formula is C36H74O2. The lowest BCUT2D eigenvalue weighted by Gasteiger charge is -2.03. The maximum atomic E-state index is 10.4. The highest BCUT2D eigenvalue weighted by molar-refractivity contribution is 5.66. The average Bonchev–Trinajstić information content (AvgIpc) is 2.91. The predicted molar refractivity (Wildman–Crippen MR) is 172 cm³/mol. The van der Waals surface area contributed by atoms with Crippen molar-refractivity contribution in [2.45, 2.75) is 226 Å². The molecule has 0 aliphatic carbocycles. The fourth-order valence-corrected chi connectivity index (χ4v) is 5.27. The first-order valence-electron chi connectivity index (χ1n) is 17.9. The molecule has 38 heavy (non-hydrogen) atoms. The second kappa shape index (κ2) is 38.6. The minimum Gasteiger partial charge on any atom is -0.481 e. The van der Waals surface area contributed by atoms with Crippen LogP contribution < -0.4 is 0 Å². The van der Waals surface area contributed by atoms with Gasteiger partial charge >= 0.3 is 5.97 Å². The van der Waals surface area contributed by atoms with Crippen molar-refractivity contribution in [3.63, 3.8) is 0 Å². The SMILES string of the molecule is CCCCCCCCCCCCCC.CCCCCCCCCCCCCCCCCCCCCC(=O)O. The molecule has 0 amide bonds. The lowest BCUT2D eigenvalue weighted by Crippen LogP contribution is -1.93. The number of unbranched alkanes of at least 4 members (excludes halogenated alkanes) is 29. The van der Waals surface area contributed by atoms with Gasteiger partial charge in [0.15, 0.2) is 0 Å². The molecule has 0 rings (SSSR count). The van der Waals surface area contributed by atoms with Crippen molar-refractivity contribution >= 4 is 5.97 Å². The molecule has 2 nitrogen and oxygen atoms in total. The van der Waals surface area contributed by atoms with Crippen molar-refractivity contribution < 1.29 is 9.90 Å². The third kappa shape index (κ3) is 42.6. The van der Waals surface area contributed by atoms with Crippen LogP contribution in [-0.2, 0) is 4.79 Å². The number of carbonyl (C=O) groups is 1. The molecule has 0 fully saturated rings. The summed E-state index contributed by atoms with van der Waals surface area (Å²) in [6.07, 6.45) is 43.5. The minimum absolute atomic E-state index is 0.346. The molecule has 0 atom stereocenters. The van der Waals surface area contributed by atoms with Crippen molar-refractivity contribution in [2.24, 2.45) is 0 Å². The largest absolute Gasteiger partial charge is 0.481 e. The molecule has 0 aliphatic rings. The lowest BCUT2D eigenvalue weighted by molar-refractivity contribution is -0.137. The van der Waals surface area contributed by atoms with E-state index in [1.54, 1.807) is 0 Å². The Balaban J connectivity index is 0. The Labute approximate surface area is 241 Å². The van der Waals surface area contributed by atoms with E-state index < -0.39 is 5.97 Å². The summed E-state index contributed by atoms with van der Waals surface area (Å²) >= 11 is 0. The number of hydrogen-bond donors (Lipinski definition) is 1. The summed E-state index contributed by atoms with van der Waals surface area (Å²) in [5.41, 5.74) is 0. The number of hydrogen-bond acceptors (Lipinski definition) is 1. The molecule has 0 aliphatic heterocycles. The summed E-state index contributed by atoms with van der Waals surface area (Å²) < 4.78 is 0. The van der Waals surface area contributed by atoms with E-state index in [-0.39, 0.29) is 0 Å². The summed E-state index contributed by atoms with van der Waals surface area (Å²) in [4.78, 5) is 10.4. The average molecular weight is 539 g/mol.